The number of nitrogens with zero attached hydrogens (tertiary/aromatic N) is 7. The molecule has 0 radical (unpaired) electrons. The van der Waals surface area contributed by atoms with Crippen LogP contribution in [0.15, 0.2) is 37.2 Å². The number of rotatable bonds is 4. The Morgan fingerprint density at radius 2 is 2.19 bits per heavy atom. The summed E-state index contributed by atoms with van der Waals surface area (Å²) in [5.74, 6) is 1.08. The molecule has 1 atom stereocenters. The third-order valence-electron chi connectivity index (χ3n) is 4.91. The largest absolute Gasteiger partial charge is 0.338 e. The van der Waals surface area contributed by atoms with Crippen molar-refractivity contribution in [2.24, 2.45) is 7.05 Å². The summed E-state index contributed by atoms with van der Waals surface area (Å²) in [7, 11) is 1.94. The summed E-state index contributed by atoms with van der Waals surface area (Å²) in [6, 6.07) is 1.23. The number of amides is 1. The van der Waals surface area contributed by atoms with E-state index >= 15 is 0 Å². The van der Waals surface area contributed by atoms with Gasteiger partial charge >= 0.3 is 0 Å². The molecule has 0 aliphatic carbocycles. The van der Waals surface area contributed by atoms with Crippen molar-refractivity contribution in [3.05, 3.63) is 60.2 Å². The number of piperidine rings is 1. The molecule has 3 aromatic heterocycles. The molecule has 9 heteroatoms. The van der Waals surface area contributed by atoms with Gasteiger partial charge in [-0.25, -0.2) is 9.37 Å². The first-order valence-corrected chi connectivity index (χ1v) is 8.85. The van der Waals surface area contributed by atoms with Crippen LogP contribution in [0.1, 0.15) is 40.8 Å². The summed E-state index contributed by atoms with van der Waals surface area (Å²) in [6.45, 7) is 1.77. The molecule has 4 heterocycles. The van der Waals surface area contributed by atoms with E-state index in [0.717, 1.165) is 30.7 Å². The van der Waals surface area contributed by atoms with Crippen LogP contribution in [0.4, 0.5) is 4.39 Å². The fourth-order valence-corrected chi connectivity index (χ4v) is 3.50. The van der Waals surface area contributed by atoms with Gasteiger partial charge in [0.05, 0.1) is 24.6 Å². The minimum absolute atomic E-state index is 0.0956. The Bertz CT molecular complexity index is 937. The Labute approximate surface area is 155 Å². The summed E-state index contributed by atoms with van der Waals surface area (Å²) in [6.07, 6.45) is 9.64. The maximum atomic E-state index is 13.4. The van der Waals surface area contributed by atoms with Gasteiger partial charge in [-0.15, -0.1) is 10.2 Å². The molecule has 1 aliphatic heterocycles. The third-order valence-corrected chi connectivity index (χ3v) is 4.91. The molecule has 27 heavy (non-hydrogen) atoms. The van der Waals surface area contributed by atoms with Crippen LogP contribution in [-0.4, -0.2) is 53.2 Å². The zero-order valence-electron chi connectivity index (χ0n) is 15.0. The minimum atomic E-state index is -0.508. The number of carbonyl (C=O) groups is 1. The molecule has 0 spiro atoms. The van der Waals surface area contributed by atoms with E-state index in [-0.39, 0.29) is 17.4 Å². The fraction of sp³-hybridized carbons (Fsp3) is 0.389. The van der Waals surface area contributed by atoms with Gasteiger partial charge in [-0.3, -0.25) is 9.78 Å². The third kappa shape index (κ3) is 3.57. The second-order valence-electron chi connectivity index (χ2n) is 6.75. The first kappa shape index (κ1) is 17.3. The lowest BCUT2D eigenvalue weighted by Crippen LogP contribution is -2.39. The topological polar surface area (TPSA) is 81.7 Å². The molecule has 0 aromatic carbocycles. The SMILES string of the molecule is Cn1c(Cn2ccnc2)nnc1C1CCCN(C(=O)c2cncc(F)c2)C1. The van der Waals surface area contributed by atoms with Gasteiger partial charge in [0, 0.05) is 44.6 Å². The molecule has 8 nitrogen and oxygen atoms in total. The average molecular weight is 369 g/mol. The Morgan fingerprint density at radius 3 is 2.96 bits per heavy atom. The van der Waals surface area contributed by atoms with Crippen LogP contribution in [0.25, 0.3) is 0 Å². The number of carbonyl (C=O) groups excluding carboxylic acids is 1. The van der Waals surface area contributed by atoms with Crippen molar-refractivity contribution in [1.29, 1.82) is 0 Å². The number of aromatic nitrogens is 6. The van der Waals surface area contributed by atoms with Gasteiger partial charge in [0.25, 0.3) is 5.91 Å². The van der Waals surface area contributed by atoms with E-state index in [1.165, 1.54) is 12.3 Å². The van der Waals surface area contributed by atoms with E-state index in [1.807, 2.05) is 22.4 Å². The van der Waals surface area contributed by atoms with Gasteiger partial charge in [-0.2, -0.15) is 0 Å². The molecule has 1 unspecified atom stereocenters. The zero-order valence-corrected chi connectivity index (χ0v) is 15.0. The summed E-state index contributed by atoms with van der Waals surface area (Å²) in [4.78, 5) is 22.3. The normalized spacial score (nSPS) is 17.3. The standard InChI is InChI=1S/C18H20FN7O/c1-24-16(11-25-6-4-20-12-25)22-23-17(24)13-3-2-5-26(10-13)18(27)14-7-15(19)9-21-8-14/h4,6-9,12-13H,2-3,5,10-11H2,1H3. The number of halogens is 1. The number of hydrogen-bond donors (Lipinski definition) is 0. The molecule has 1 amide bonds. The van der Waals surface area contributed by atoms with Gasteiger partial charge in [0.2, 0.25) is 0 Å². The number of pyridine rings is 1. The van der Waals surface area contributed by atoms with Gasteiger partial charge in [-0.05, 0) is 18.9 Å². The molecule has 1 saturated heterocycles. The van der Waals surface area contributed by atoms with Gasteiger partial charge in [0.15, 0.2) is 5.82 Å². The molecule has 0 saturated carbocycles. The average Bonchev–Trinajstić information content (AvgIpc) is 3.32. The zero-order chi connectivity index (χ0) is 18.8. The van der Waals surface area contributed by atoms with Gasteiger partial charge < -0.3 is 14.0 Å². The number of likely N-dealkylation sites (tertiary alicyclic amines) is 1. The highest BCUT2D eigenvalue weighted by atomic mass is 19.1. The van der Waals surface area contributed by atoms with E-state index in [2.05, 4.69) is 20.2 Å². The van der Waals surface area contributed by atoms with Crippen molar-refractivity contribution < 1.29 is 9.18 Å². The Morgan fingerprint density at radius 1 is 1.30 bits per heavy atom. The van der Waals surface area contributed by atoms with Crippen molar-refractivity contribution in [2.75, 3.05) is 13.1 Å². The Kier molecular flexibility index (Phi) is 4.66. The Hall–Kier alpha value is -3.10. The van der Waals surface area contributed by atoms with E-state index in [1.54, 1.807) is 17.4 Å². The lowest BCUT2D eigenvalue weighted by Gasteiger charge is -2.32. The number of hydrogen-bond acceptors (Lipinski definition) is 5. The summed E-state index contributed by atoms with van der Waals surface area (Å²) >= 11 is 0. The molecule has 1 aliphatic rings. The molecule has 140 valence electrons. The maximum Gasteiger partial charge on any atom is 0.255 e. The minimum Gasteiger partial charge on any atom is -0.338 e. The van der Waals surface area contributed by atoms with Gasteiger partial charge in [0.1, 0.15) is 11.6 Å². The fourth-order valence-electron chi connectivity index (χ4n) is 3.50. The van der Waals surface area contributed by atoms with Crippen LogP contribution >= 0.6 is 0 Å². The highest BCUT2D eigenvalue weighted by Gasteiger charge is 2.29. The summed E-state index contributed by atoms with van der Waals surface area (Å²) in [5, 5.41) is 8.68. The lowest BCUT2D eigenvalue weighted by molar-refractivity contribution is 0.0702. The van der Waals surface area contributed by atoms with E-state index in [9.17, 15) is 9.18 Å². The molecule has 0 N–H and O–H groups in total. The number of imidazole rings is 1. The summed E-state index contributed by atoms with van der Waals surface area (Å²) < 4.78 is 17.3. The predicted molar refractivity (Wildman–Crippen MR) is 94.4 cm³/mol. The van der Waals surface area contributed by atoms with Crippen LogP contribution in [0.5, 0.6) is 0 Å². The van der Waals surface area contributed by atoms with Crippen LogP contribution in [0.2, 0.25) is 0 Å². The van der Waals surface area contributed by atoms with Crippen molar-refractivity contribution in [1.82, 2.24) is 34.2 Å². The smallest absolute Gasteiger partial charge is 0.255 e. The Balaban J connectivity index is 1.50. The molecule has 1 fully saturated rings. The van der Waals surface area contributed by atoms with Gasteiger partial charge in [-0.1, -0.05) is 0 Å². The molecular formula is C18H20FN7O. The molecule has 4 rings (SSSR count). The van der Waals surface area contributed by atoms with Crippen molar-refractivity contribution in [3.8, 4) is 0 Å². The first-order valence-electron chi connectivity index (χ1n) is 8.85. The van der Waals surface area contributed by atoms with Crippen LogP contribution in [0, 0.1) is 5.82 Å². The predicted octanol–water partition coefficient (Wildman–Crippen LogP) is 1.61. The van der Waals surface area contributed by atoms with Crippen LogP contribution in [-0.2, 0) is 13.6 Å². The first-order chi connectivity index (χ1) is 13.1. The lowest BCUT2D eigenvalue weighted by atomic mass is 9.96. The van der Waals surface area contributed by atoms with Crippen molar-refractivity contribution >= 4 is 5.91 Å². The quantitative estimate of drug-likeness (QED) is 0.698. The summed E-state index contributed by atoms with van der Waals surface area (Å²) in [5.41, 5.74) is 0.273. The second-order valence-corrected chi connectivity index (χ2v) is 6.75. The van der Waals surface area contributed by atoms with E-state index in [4.69, 9.17) is 0 Å². The monoisotopic (exact) mass is 369 g/mol. The second kappa shape index (κ2) is 7.26. The van der Waals surface area contributed by atoms with Crippen molar-refractivity contribution in [2.45, 2.75) is 25.3 Å². The maximum absolute atomic E-state index is 13.4. The molecule has 3 aromatic rings. The van der Waals surface area contributed by atoms with E-state index < -0.39 is 5.82 Å². The van der Waals surface area contributed by atoms with E-state index in [0.29, 0.717) is 19.6 Å². The molecular weight excluding hydrogens is 349 g/mol. The van der Waals surface area contributed by atoms with Crippen molar-refractivity contribution in [3.63, 3.8) is 0 Å². The molecule has 0 bridgehead atoms. The highest BCUT2D eigenvalue weighted by Crippen LogP contribution is 2.27. The highest BCUT2D eigenvalue weighted by molar-refractivity contribution is 5.94. The van der Waals surface area contributed by atoms with Crippen LogP contribution < -0.4 is 0 Å². The van der Waals surface area contributed by atoms with Crippen LogP contribution in [0.3, 0.4) is 0 Å².